The molecule has 3 aromatic rings. The van der Waals surface area contributed by atoms with Gasteiger partial charge in [-0.2, -0.15) is 13.2 Å². The van der Waals surface area contributed by atoms with E-state index in [1.165, 1.54) is 24.4 Å². The van der Waals surface area contributed by atoms with Gasteiger partial charge in [0, 0.05) is 6.20 Å². The molecule has 1 atom stereocenters. The van der Waals surface area contributed by atoms with E-state index in [1.807, 2.05) is 6.92 Å². The topological polar surface area (TPSA) is 90.9 Å². The van der Waals surface area contributed by atoms with E-state index >= 15 is 0 Å². The molecule has 2 aromatic heterocycles. The highest BCUT2D eigenvalue weighted by molar-refractivity contribution is 7.90. The Bertz CT molecular complexity index is 1030. The molecule has 0 spiro atoms. The number of nitrogens with zero attached hydrogens (tertiary/aromatic N) is 3. The van der Waals surface area contributed by atoms with E-state index in [0.29, 0.717) is 0 Å². The maximum absolute atomic E-state index is 12.7. The number of aryl methyl sites for hydroxylation is 1. The van der Waals surface area contributed by atoms with Crippen molar-refractivity contribution in [2.24, 2.45) is 5.73 Å². The Morgan fingerprint density at radius 3 is 2.35 bits per heavy atom. The summed E-state index contributed by atoms with van der Waals surface area (Å²) >= 11 is 0. The van der Waals surface area contributed by atoms with Crippen molar-refractivity contribution >= 4 is 33.6 Å². The Hall–Kier alpha value is -2.17. The third-order valence-corrected chi connectivity index (χ3v) is 5.30. The van der Waals surface area contributed by atoms with E-state index in [1.54, 1.807) is 12.1 Å². The number of rotatable bonds is 3. The summed E-state index contributed by atoms with van der Waals surface area (Å²) in [5.74, 6) is 0. The molecule has 0 fully saturated rings. The average Bonchev–Trinajstić information content (AvgIpc) is 2.97. The van der Waals surface area contributed by atoms with Crippen molar-refractivity contribution in [2.45, 2.75) is 24.0 Å². The number of hydrogen-bond donors (Lipinski definition) is 1. The van der Waals surface area contributed by atoms with Crippen LogP contribution in [0.15, 0.2) is 47.6 Å². The number of aromatic nitrogens is 3. The fourth-order valence-electron chi connectivity index (χ4n) is 2.24. The molecule has 0 saturated heterocycles. The second-order valence-corrected chi connectivity index (χ2v) is 7.27. The summed E-state index contributed by atoms with van der Waals surface area (Å²) in [6.07, 6.45) is -2.64. The zero-order valence-electron chi connectivity index (χ0n) is 13.3. The quantitative estimate of drug-likeness (QED) is 0.722. The fraction of sp³-hybridized carbons (Fsp3) is 0.200. The first-order valence-electron chi connectivity index (χ1n) is 7.09. The highest BCUT2D eigenvalue weighted by Gasteiger charge is 2.39. The number of benzene rings is 1. The van der Waals surface area contributed by atoms with Gasteiger partial charge in [0.2, 0.25) is 0 Å². The van der Waals surface area contributed by atoms with Crippen LogP contribution in [0.2, 0.25) is 0 Å². The van der Waals surface area contributed by atoms with Crippen molar-refractivity contribution in [1.29, 1.82) is 0 Å². The van der Waals surface area contributed by atoms with E-state index in [4.69, 9.17) is 5.73 Å². The fourth-order valence-corrected chi connectivity index (χ4v) is 3.53. The van der Waals surface area contributed by atoms with E-state index in [2.05, 4.69) is 9.97 Å². The molecule has 0 bridgehead atoms. The molecule has 2 N–H and O–H groups in total. The lowest BCUT2D eigenvalue weighted by Crippen LogP contribution is -2.29. The molecule has 26 heavy (non-hydrogen) atoms. The molecule has 0 aliphatic heterocycles. The number of nitrogens with two attached hydrogens (primary N) is 1. The van der Waals surface area contributed by atoms with Crippen molar-refractivity contribution in [2.75, 3.05) is 0 Å². The van der Waals surface area contributed by atoms with Gasteiger partial charge < -0.3 is 5.73 Å². The first kappa shape index (κ1) is 20.1. The minimum Gasteiger partial charge on any atom is -0.315 e. The van der Waals surface area contributed by atoms with Crippen molar-refractivity contribution in [3.63, 3.8) is 0 Å². The summed E-state index contributed by atoms with van der Waals surface area (Å²) < 4.78 is 64.3. The lowest BCUT2D eigenvalue weighted by atomic mass is 10.2. The van der Waals surface area contributed by atoms with Crippen LogP contribution >= 0.6 is 12.4 Å². The second kappa shape index (κ2) is 6.86. The van der Waals surface area contributed by atoms with E-state index in [0.717, 1.165) is 15.7 Å². The minimum absolute atomic E-state index is 0. The van der Waals surface area contributed by atoms with Gasteiger partial charge in [-0.05, 0) is 25.1 Å². The smallest absolute Gasteiger partial charge is 0.315 e. The third kappa shape index (κ3) is 3.53. The lowest BCUT2D eigenvalue weighted by molar-refractivity contribution is -0.150. The van der Waals surface area contributed by atoms with Crippen LogP contribution in [0.25, 0.3) is 11.2 Å². The summed E-state index contributed by atoms with van der Waals surface area (Å²) in [6, 6.07) is 5.16. The summed E-state index contributed by atoms with van der Waals surface area (Å²) in [6.45, 7) is 1.82. The van der Waals surface area contributed by atoms with Crippen molar-refractivity contribution in [3.8, 4) is 0 Å². The zero-order chi connectivity index (χ0) is 18.4. The summed E-state index contributed by atoms with van der Waals surface area (Å²) in [5, 5.41) is 0. The lowest BCUT2D eigenvalue weighted by Gasteiger charge is -2.14. The van der Waals surface area contributed by atoms with Gasteiger partial charge in [0.15, 0.2) is 5.65 Å². The Morgan fingerprint density at radius 2 is 1.77 bits per heavy atom. The van der Waals surface area contributed by atoms with Gasteiger partial charge in [0.1, 0.15) is 11.6 Å². The van der Waals surface area contributed by atoms with Gasteiger partial charge in [-0.1, -0.05) is 17.7 Å². The number of fused-ring (bicyclic) bond motifs is 1. The van der Waals surface area contributed by atoms with Crippen LogP contribution in [0.4, 0.5) is 13.2 Å². The molecule has 1 unspecified atom stereocenters. The van der Waals surface area contributed by atoms with Gasteiger partial charge in [0.25, 0.3) is 10.0 Å². The van der Waals surface area contributed by atoms with Crippen LogP contribution in [0.1, 0.15) is 17.3 Å². The predicted octanol–water partition coefficient (Wildman–Crippen LogP) is 2.96. The highest BCUT2D eigenvalue weighted by Crippen LogP contribution is 2.30. The normalized spacial score (nSPS) is 13.4. The Kier molecular flexibility index (Phi) is 5.31. The maximum Gasteiger partial charge on any atom is 0.409 e. The van der Waals surface area contributed by atoms with E-state index < -0.39 is 27.9 Å². The van der Waals surface area contributed by atoms with Crippen LogP contribution in [-0.2, 0) is 10.0 Å². The Labute approximate surface area is 153 Å². The zero-order valence-corrected chi connectivity index (χ0v) is 14.9. The summed E-state index contributed by atoms with van der Waals surface area (Å²) in [5.41, 5.74) is 5.45. The molecule has 2 heterocycles. The summed E-state index contributed by atoms with van der Waals surface area (Å²) in [7, 11) is -3.94. The molecular weight excluding hydrogens is 393 g/mol. The number of halogens is 4. The molecule has 140 valence electrons. The molecule has 0 aliphatic rings. The van der Waals surface area contributed by atoms with Gasteiger partial charge >= 0.3 is 6.18 Å². The van der Waals surface area contributed by atoms with Crippen molar-refractivity contribution in [3.05, 3.63) is 54.0 Å². The highest BCUT2D eigenvalue weighted by atomic mass is 35.5. The first-order chi connectivity index (χ1) is 11.6. The SMILES string of the molecule is Cc1ccc(S(=O)(=O)n2ccc3nc(C(N)C(F)(F)F)cnc32)cc1.Cl. The molecule has 0 amide bonds. The summed E-state index contributed by atoms with van der Waals surface area (Å²) in [4.78, 5) is 7.65. The molecule has 0 aliphatic carbocycles. The van der Waals surface area contributed by atoms with Crippen LogP contribution in [0.3, 0.4) is 0 Å². The minimum atomic E-state index is -4.67. The monoisotopic (exact) mass is 406 g/mol. The van der Waals surface area contributed by atoms with E-state index in [9.17, 15) is 21.6 Å². The van der Waals surface area contributed by atoms with Gasteiger partial charge in [-0.15, -0.1) is 12.4 Å². The first-order valence-corrected chi connectivity index (χ1v) is 8.53. The Morgan fingerprint density at radius 1 is 1.15 bits per heavy atom. The van der Waals surface area contributed by atoms with Crippen LogP contribution < -0.4 is 5.73 Å². The van der Waals surface area contributed by atoms with Crippen molar-refractivity contribution < 1.29 is 21.6 Å². The molecule has 3 rings (SSSR count). The number of hydrogen-bond acceptors (Lipinski definition) is 5. The van der Waals surface area contributed by atoms with Gasteiger partial charge in [0.05, 0.1) is 16.8 Å². The average molecular weight is 407 g/mol. The maximum atomic E-state index is 12.7. The van der Waals surface area contributed by atoms with Crippen LogP contribution in [-0.4, -0.2) is 28.5 Å². The van der Waals surface area contributed by atoms with Crippen LogP contribution in [0.5, 0.6) is 0 Å². The number of alkyl halides is 3. The molecule has 11 heteroatoms. The molecular formula is C15H14ClF3N4O2S. The van der Waals surface area contributed by atoms with Gasteiger partial charge in [-0.3, -0.25) is 0 Å². The molecule has 1 aromatic carbocycles. The molecule has 0 radical (unpaired) electrons. The largest absolute Gasteiger partial charge is 0.409 e. The molecule has 6 nitrogen and oxygen atoms in total. The second-order valence-electron chi connectivity index (χ2n) is 5.45. The third-order valence-electron chi connectivity index (χ3n) is 3.62. The van der Waals surface area contributed by atoms with Crippen LogP contribution in [0, 0.1) is 6.92 Å². The Balaban J connectivity index is 0.00000243. The van der Waals surface area contributed by atoms with E-state index in [-0.39, 0.29) is 28.5 Å². The van der Waals surface area contributed by atoms with Gasteiger partial charge in [-0.25, -0.2) is 22.4 Å². The van der Waals surface area contributed by atoms with Crippen molar-refractivity contribution in [1.82, 2.24) is 13.9 Å². The molecule has 0 saturated carbocycles. The predicted molar refractivity (Wildman–Crippen MR) is 91.5 cm³/mol. The standard InChI is InChI=1S/C15H13F3N4O2S.ClH/c1-9-2-4-10(5-3-9)25(23,24)22-7-6-11-14(22)20-8-12(21-11)13(19)15(16,17)18;/h2-8,13H,19H2,1H3;1H.